The van der Waals surface area contributed by atoms with Gasteiger partial charge in [0.25, 0.3) is 5.91 Å². The standard InChI is InChI=1S/C19H18N4O3/c1-11(2)26-19(25)15-8-4-6-13(10-15)12-5-3-7-14(9-12)16-17(18(20)24)22-23-21-16/h3-11H,1-2H3,(H2,20,24)(H,21,22,23). The quantitative estimate of drug-likeness (QED) is 0.687. The molecule has 1 heterocycles. The molecule has 0 fully saturated rings. The van der Waals surface area contributed by atoms with Crippen molar-refractivity contribution in [3.8, 4) is 22.4 Å². The van der Waals surface area contributed by atoms with E-state index in [9.17, 15) is 9.59 Å². The van der Waals surface area contributed by atoms with Crippen LogP contribution >= 0.6 is 0 Å². The molecule has 0 unspecified atom stereocenters. The van der Waals surface area contributed by atoms with E-state index in [1.165, 1.54) is 0 Å². The van der Waals surface area contributed by atoms with Crippen LogP contribution in [0.3, 0.4) is 0 Å². The van der Waals surface area contributed by atoms with E-state index in [0.29, 0.717) is 16.8 Å². The van der Waals surface area contributed by atoms with Crippen molar-refractivity contribution in [2.45, 2.75) is 20.0 Å². The fraction of sp³-hybridized carbons (Fsp3) is 0.158. The first-order valence-corrected chi connectivity index (χ1v) is 8.08. The Kier molecular flexibility index (Phi) is 4.79. The molecule has 1 amide bonds. The molecule has 0 radical (unpaired) electrons. The summed E-state index contributed by atoms with van der Waals surface area (Å²) in [6.07, 6.45) is -0.186. The Bertz CT molecular complexity index is 963. The molecule has 0 saturated heterocycles. The van der Waals surface area contributed by atoms with Crippen molar-refractivity contribution in [2.75, 3.05) is 0 Å². The number of aromatic nitrogens is 3. The average molecular weight is 350 g/mol. The summed E-state index contributed by atoms with van der Waals surface area (Å²) in [7, 11) is 0. The first-order chi connectivity index (χ1) is 12.5. The zero-order chi connectivity index (χ0) is 18.7. The van der Waals surface area contributed by atoms with Crippen LogP contribution in [0.5, 0.6) is 0 Å². The number of rotatable bonds is 5. The maximum absolute atomic E-state index is 12.1. The first kappa shape index (κ1) is 17.3. The van der Waals surface area contributed by atoms with Crippen molar-refractivity contribution in [3.63, 3.8) is 0 Å². The summed E-state index contributed by atoms with van der Waals surface area (Å²) in [5.41, 5.74) is 8.66. The van der Waals surface area contributed by atoms with Crippen molar-refractivity contribution < 1.29 is 14.3 Å². The SMILES string of the molecule is CC(C)OC(=O)c1cccc(-c2cccc(-c3n[nH]nc3C(N)=O)c2)c1. The van der Waals surface area contributed by atoms with E-state index < -0.39 is 5.91 Å². The van der Waals surface area contributed by atoms with Crippen LogP contribution in [0, 0.1) is 0 Å². The zero-order valence-corrected chi connectivity index (χ0v) is 14.4. The lowest BCUT2D eigenvalue weighted by molar-refractivity contribution is 0.0378. The van der Waals surface area contributed by atoms with E-state index in [0.717, 1.165) is 11.1 Å². The summed E-state index contributed by atoms with van der Waals surface area (Å²) >= 11 is 0. The molecule has 0 bridgehead atoms. The van der Waals surface area contributed by atoms with E-state index in [1.54, 1.807) is 32.0 Å². The second-order valence-electron chi connectivity index (χ2n) is 6.00. The van der Waals surface area contributed by atoms with Gasteiger partial charge in [-0.3, -0.25) is 4.79 Å². The Morgan fingerprint density at radius 3 is 2.35 bits per heavy atom. The summed E-state index contributed by atoms with van der Waals surface area (Å²) in [6.45, 7) is 3.61. The van der Waals surface area contributed by atoms with Crippen LogP contribution in [0.1, 0.15) is 34.7 Å². The van der Waals surface area contributed by atoms with Gasteiger partial charge < -0.3 is 10.5 Å². The van der Waals surface area contributed by atoms with Crippen molar-refractivity contribution in [2.24, 2.45) is 5.73 Å². The molecule has 0 atom stereocenters. The number of ether oxygens (including phenoxy) is 1. The minimum absolute atomic E-state index is 0.0800. The number of nitrogens with one attached hydrogen (secondary N) is 1. The number of hydrogen-bond donors (Lipinski definition) is 2. The predicted octanol–water partition coefficient (Wildman–Crippen LogP) is 2.80. The second kappa shape index (κ2) is 7.18. The van der Waals surface area contributed by atoms with Gasteiger partial charge in [0, 0.05) is 5.56 Å². The molecule has 1 aromatic heterocycles. The summed E-state index contributed by atoms with van der Waals surface area (Å²) in [6, 6.07) is 14.6. The van der Waals surface area contributed by atoms with Crippen molar-refractivity contribution in [3.05, 3.63) is 59.8 Å². The third-order valence-electron chi connectivity index (χ3n) is 3.69. The molecule has 0 aliphatic carbocycles. The minimum Gasteiger partial charge on any atom is -0.459 e. The molecule has 0 spiro atoms. The highest BCUT2D eigenvalue weighted by Crippen LogP contribution is 2.27. The molecule has 7 heteroatoms. The van der Waals surface area contributed by atoms with Crippen LogP contribution in [0.25, 0.3) is 22.4 Å². The summed E-state index contributed by atoms with van der Waals surface area (Å²) < 4.78 is 5.24. The van der Waals surface area contributed by atoms with Gasteiger partial charge in [0.05, 0.1) is 11.7 Å². The maximum Gasteiger partial charge on any atom is 0.338 e. The Labute approximate surface area is 150 Å². The lowest BCUT2D eigenvalue weighted by Crippen LogP contribution is -2.12. The van der Waals surface area contributed by atoms with Crippen LogP contribution < -0.4 is 5.73 Å². The average Bonchev–Trinajstić information content (AvgIpc) is 3.11. The van der Waals surface area contributed by atoms with Gasteiger partial charge in [0.1, 0.15) is 5.69 Å². The second-order valence-corrected chi connectivity index (χ2v) is 6.00. The molecule has 0 aliphatic rings. The number of amides is 1. The van der Waals surface area contributed by atoms with E-state index in [1.807, 2.05) is 30.3 Å². The minimum atomic E-state index is -0.655. The number of H-pyrrole nitrogens is 1. The Morgan fingerprint density at radius 1 is 1.00 bits per heavy atom. The lowest BCUT2D eigenvalue weighted by atomic mass is 9.99. The van der Waals surface area contributed by atoms with Crippen LogP contribution in [0.4, 0.5) is 0 Å². The molecular formula is C19H18N4O3. The smallest absolute Gasteiger partial charge is 0.338 e. The van der Waals surface area contributed by atoms with Gasteiger partial charge in [0.2, 0.25) is 0 Å². The molecule has 7 nitrogen and oxygen atoms in total. The highest BCUT2D eigenvalue weighted by Gasteiger charge is 2.16. The van der Waals surface area contributed by atoms with Crippen LogP contribution in [-0.2, 0) is 4.74 Å². The molecule has 3 N–H and O–H groups in total. The number of benzene rings is 2. The molecule has 26 heavy (non-hydrogen) atoms. The topological polar surface area (TPSA) is 111 Å². The Balaban J connectivity index is 1.97. The predicted molar refractivity (Wildman–Crippen MR) is 96.3 cm³/mol. The van der Waals surface area contributed by atoms with E-state index >= 15 is 0 Å². The molecule has 3 aromatic rings. The maximum atomic E-state index is 12.1. The molecule has 132 valence electrons. The molecule has 0 saturated carbocycles. The van der Waals surface area contributed by atoms with Gasteiger partial charge in [-0.05, 0) is 43.2 Å². The fourth-order valence-corrected chi connectivity index (χ4v) is 2.56. The Hall–Kier alpha value is -3.48. The summed E-state index contributed by atoms with van der Waals surface area (Å²) in [5, 5.41) is 10.2. The van der Waals surface area contributed by atoms with Crippen molar-refractivity contribution >= 4 is 11.9 Å². The fourth-order valence-electron chi connectivity index (χ4n) is 2.56. The molecule has 3 rings (SSSR count). The summed E-state index contributed by atoms with van der Waals surface area (Å²) in [5.74, 6) is -1.02. The third-order valence-corrected chi connectivity index (χ3v) is 3.69. The number of esters is 1. The largest absolute Gasteiger partial charge is 0.459 e. The number of hydrogen-bond acceptors (Lipinski definition) is 5. The number of aromatic amines is 1. The third kappa shape index (κ3) is 3.61. The van der Waals surface area contributed by atoms with Gasteiger partial charge in [-0.15, -0.1) is 0 Å². The molecular weight excluding hydrogens is 332 g/mol. The summed E-state index contributed by atoms with van der Waals surface area (Å²) in [4.78, 5) is 23.6. The first-order valence-electron chi connectivity index (χ1n) is 8.08. The molecule has 0 aliphatic heterocycles. The normalized spacial score (nSPS) is 10.7. The monoisotopic (exact) mass is 350 g/mol. The van der Waals surface area contributed by atoms with E-state index in [2.05, 4.69) is 15.4 Å². The van der Waals surface area contributed by atoms with Crippen LogP contribution in [-0.4, -0.2) is 33.4 Å². The van der Waals surface area contributed by atoms with Gasteiger partial charge in [-0.25, -0.2) is 4.79 Å². The highest BCUT2D eigenvalue weighted by atomic mass is 16.5. The van der Waals surface area contributed by atoms with Crippen molar-refractivity contribution in [1.29, 1.82) is 0 Å². The van der Waals surface area contributed by atoms with Crippen LogP contribution in [0.15, 0.2) is 48.5 Å². The number of nitrogens with zero attached hydrogens (tertiary/aromatic N) is 2. The lowest BCUT2D eigenvalue weighted by Gasteiger charge is -2.09. The number of nitrogens with two attached hydrogens (primary N) is 1. The van der Waals surface area contributed by atoms with Crippen molar-refractivity contribution in [1.82, 2.24) is 15.4 Å². The van der Waals surface area contributed by atoms with Crippen LogP contribution in [0.2, 0.25) is 0 Å². The highest BCUT2D eigenvalue weighted by molar-refractivity contribution is 5.97. The van der Waals surface area contributed by atoms with Gasteiger partial charge >= 0.3 is 5.97 Å². The molecule has 2 aromatic carbocycles. The number of carbonyl (C=O) groups is 2. The number of primary amides is 1. The van der Waals surface area contributed by atoms with E-state index in [4.69, 9.17) is 10.5 Å². The zero-order valence-electron chi connectivity index (χ0n) is 14.4. The van der Waals surface area contributed by atoms with Gasteiger partial charge in [0.15, 0.2) is 5.69 Å². The van der Waals surface area contributed by atoms with Gasteiger partial charge in [-0.1, -0.05) is 30.3 Å². The van der Waals surface area contributed by atoms with Gasteiger partial charge in [-0.2, -0.15) is 15.4 Å². The Morgan fingerprint density at radius 2 is 1.65 bits per heavy atom. The number of carbonyl (C=O) groups excluding carboxylic acids is 2. The van der Waals surface area contributed by atoms with E-state index in [-0.39, 0.29) is 17.8 Å².